The number of rotatable bonds is 4. The Morgan fingerprint density at radius 3 is 2.41 bits per heavy atom. The fourth-order valence-corrected chi connectivity index (χ4v) is 3.90. The van der Waals surface area contributed by atoms with E-state index < -0.39 is 0 Å². The molecular weight excluding hydrogens is 314 g/mol. The summed E-state index contributed by atoms with van der Waals surface area (Å²) in [5, 5.41) is 5.48. The predicted octanol–water partition coefficient (Wildman–Crippen LogP) is 4.54. The molecule has 0 radical (unpaired) electrons. The predicted molar refractivity (Wildman–Crippen MR) is 81.1 cm³/mol. The van der Waals surface area contributed by atoms with Crippen LogP contribution in [0.2, 0.25) is 0 Å². The Morgan fingerprint density at radius 2 is 1.94 bits per heavy atom. The number of thioether (sulfide) groups is 1. The van der Waals surface area contributed by atoms with Crippen LogP contribution in [0.1, 0.15) is 16.5 Å². The largest absolute Gasteiger partial charge is 0.309 e. The zero-order valence-electron chi connectivity index (χ0n) is 9.74. The number of hydrogen-bond acceptors (Lipinski definition) is 3. The van der Waals surface area contributed by atoms with Crippen LogP contribution in [-0.2, 0) is 0 Å². The molecule has 0 aliphatic rings. The van der Waals surface area contributed by atoms with Gasteiger partial charge in [-0.25, -0.2) is 0 Å². The summed E-state index contributed by atoms with van der Waals surface area (Å²) in [6.45, 7) is 0. The maximum absolute atomic E-state index is 3.60. The van der Waals surface area contributed by atoms with Gasteiger partial charge in [0, 0.05) is 14.2 Å². The van der Waals surface area contributed by atoms with E-state index in [1.807, 2.05) is 7.05 Å². The molecule has 0 bridgehead atoms. The highest BCUT2D eigenvalue weighted by molar-refractivity contribution is 9.10. The van der Waals surface area contributed by atoms with Crippen molar-refractivity contribution in [2.45, 2.75) is 10.9 Å². The molecule has 1 nitrogen and oxygen atoms in total. The van der Waals surface area contributed by atoms with Crippen LogP contribution in [0.25, 0.3) is 0 Å². The van der Waals surface area contributed by atoms with Gasteiger partial charge in [0.1, 0.15) is 0 Å². The molecule has 1 atom stereocenters. The minimum atomic E-state index is 0.264. The molecule has 2 aromatic rings. The first-order chi connectivity index (χ1) is 8.26. The molecule has 4 heteroatoms. The average molecular weight is 328 g/mol. The van der Waals surface area contributed by atoms with E-state index in [-0.39, 0.29) is 6.04 Å². The fourth-order valence-electron chi connectivity index (χ4n) is 1.76. The molecule has 0 aliphatic heterocycles. The minimum absolute atomic E-state index is 0.264. The molecule has 17 heavy (non-hydrogen) atoms. The Morgan fingerprint density at radius 1 is 1.24 bits per heavy atom. The standard InChI is InChI=1S/C13H14BrNS2/c1-15-12(13-11(14)7-8-17-13)9-3-5-10(16-2)6-4-9/h3-8,12,15H,1-2H3. The van der Waals surface area contributed by atoms with Crippen molar-refractivity contribution in [3.8, 4) is 0 Å². The van der Waals surface area contributed by atoms with Gasteiger partial charge in [0.15, 0.2) is 0 Å². The first-order valence-corrected chi connectivity index (χ1v) is 8.20. The van der Waals surface area contributed by atoms with Crippen LogP contribution < -0.4 is 5.32 Å². The summed E-state index contributed by atoms with van der Waals surface area (Å²) < 4.78 is 1.18. The highest BCUT2D eigenvalue weighted by atomic mass is 79.9. The quantitative estimate of drug-likeness (QED) is 0.827. The van der Waals surface area contributed by atoms with Crippen molar-refractivity contribution < 1.29 is 0 Å². The van der Waals surface area contributed by atoms with Gasteiger partial charge in [-0.2, -0.15) is 0 Å². The molecule has 0 saturated carbocycles. The van der Waals surface area contributed by atoms with Gasteiger partial charge in [-0.1, -0.05) is 12.1 Å². The number of halogens is 1. The summed E-state index contributed by atoms with van der Waals surface area (Å²) in [4.78, 5) is 2.62. The van der Waals surface area contributed by atoms with Crippen LogP contribution in [-0.4, -0.2) is 13.3 Å². The lowest BCUT2D eigenvalue weighted by Crippen LogP contribution is -2.16. The Kier molecular flexibility index (Phi) is 4.68. The smallest absolute Gasteiger partial charge is 0.0680 e. The summed E-state index contributed by atoms with van der Waals surface area (Å²) in [5.74, 6) is 0. The van der Waals surface area contributed by atoms with E-state index in [1.165, 1.54) is 19.8 Å². The van der Waals surface area contributed by atoms with Crippen molar-refractivity contribution >= 4 is 39.0 Å². The maximum Gasteiger partial charge on any atom is 0.0680 e. The second-order valence-electron chi connectivity index (χ2n) is 3.63. The molecular formula is C13H14BrNS2. The number of thiophene rings is 1. The van der Waals surface area contributed by atoms with E-state index in [0.717, 1.165) is 0 Å². The van der Waals surface area contributed by atoms with Crippen LogP contribution >= 0.6 is 39.0 Å². The molecule has 1 aromatic carbocycles. The zero-order valence-corrected chi connectivity index (χ0v) is 13.0. The van der Waals surface area contributed by atoms with Gasteiger partial charge < -0.3 is 5.32 Å². The Bertz CT molecular complexity index is 478. The number of benzene rings is 1. The first kappa shape index (κ1) is 13.1. The Labute approximate surface area is 119 Å². The summed E-state index contributed by atoms with van der Waals surface area (Å²) in [5.41, 5.74) is 1.30. The molecule has 1 N–H and O–H groups in total. The SMILES string of the molecule is CNC(c1ccc(SC)cc1)c1sccc1Br. The molecule has 0 aliphatic carbocycles. The number of nitrogens with one attached hydrogen (secondary N) is 1. The maximum atomic E-state index is 3.60. The molecule has 2 rings (SSSR count). The molecule has 0 amide bonds. The minimum Gasteiger partial charge on any atom is -0.309 e. The van der Waals surface area contributed by atoms with Gasteiger partial charge in [-0.3, -0.25) is 0 Å². The third kappa shape index (κ3) is 2.94. The van der Waals surface area contributed by atoms with Gasteiger partial charge in [0.05, 0.1) is 6.04 Å². The van der Waals surface area contributed by atoms with Crippen LogP contribution in [0.15, 0.2) is 45.1 Å². The van der Waals surface area contributed by atoms with Crippen LogP contribution in [0, 0.1) is 0 Å². The van der Waals surface area contributed by atoms with E-state index in [1.54, 1.807) is 23.1 Å². The zero-order chi connectivity index (χ0) is 12.3. The first-order valence-electron chi connectivity index (χ1n) is 5.30. The lowest BCUT2D eigenvalue weighted by atomic mass is 10.1. The van der Waals surface area contributed by atoms with Crippen LogP contribution in [0.4, 0.5) is 0 Å². The third-order valence-corrected chi connectivity index (χ3v) is 5.32. The Balaban J connectivity index is 2.32. The summed E-state index contributed by atoms with van der Waals surface area (Å²) in [6.07, 6.45) is 2.10. The van der Waals surface area contributed by atoms with Crippen LogP contribution in [0.3, 0.4) is 0 Å². The highest BCUT2D eigenvalue weighted by Crippen LogP contribution is 2.33. The second kappa shape index (κ2) is 6.05. The summed E-state index contributed by atoms with van der Waals surface area (Å²) >= 11 is 7.14. The molecule has 0 saturated heterocycles. The lowest BCUT2D eigenvalue weighted by Gasteiger charge is -2.16. The summed E-state index contributed by atoms with van der Waals surface area (Å²) in [7, 11) is 2.00. The average Bonchev–Trinajstić information content (AvgIpc) is 2.78. The van der Waals surface area contributed by atoms with E-state index in [2.05, 4.69) is 63.2 Å². The van der Waals surface area contributed by atoms with Crippen molar-refractivity contribution in [2.24, 2.45) is 0 Å². The van der Waals surface area contributed by atoms with E-state index >= 15 is 0 Å². The molecule has 0 spiro atoms. The molecule has 90 valence electrons. The topological polar surface area (TPSA) is 12.0 Å². The Hall–Kier alpha value is -0.290. The van der Waals surface area contributed by atoms with Gasteiger partial charge in [-0.15, -0.1) is 23.1 Å². The van der Waals surface area contributed by atoms with Gasteiger partial charge in [0.2, 0.25) is 0 Å². The van der Waals surface area contributed by atoms with Gasteiger partial charge in [-0.05, 0) is 58.4 Å². The van der Waals surface area contributed by atoms with E-state index in [0.29, 0.717) is 0 Å². The molecule has 1 aromatic heterocycles. The molecule has 1 heterocycles. The molecule has 1 unspecified atom stereocenters. The normalized spacial score (nSPS) is 12.6. The van der Waals surface area contributed by atoms with Gasteiger partial charge >= 0.3 is 0 Å². The fraction of sp³-hybridized carbons (Fsp3) is 0.231. The molecule has 0 fully saturated rings. The van der Waals surface area contributed by atoms with Crippen molar-refractivity contribution in [3.63, 3.8) is 0 Å². The second-order valence-corrected chi connectivity index (χ2v) is 6.31. The number of hydrogen-bond donors (Lipinski definition) is 1. The summed E-state index contributed by atoms with van der Waals surface area (Å²) in [6, 6.07) is 11.1. The van der Waals surface area contributed by atoms with E-state index in [9.17, 15) is 0 Å². The van der Waals surface area contributed by atoms with Crippen molar-refractivity contribution in [1.82, 2.24) is 5.32 Å². The third-order valence-electron chi connectivity index (χ3n) is 2.64. The van der Waals surface area contributed by atoms with Crippen LogP contribution in [0.5, 0.6) is 0 Å². The highest BCUT2D eigenvalue weighted by Gasteiger charge is 2.15. The van der Waals surface area contributed by atoms with Crippen molar-refractivity contribution in [2.75, 3.05) is 13.3 Å². The van der Waals surface area contributed by atoms with Gasteiger partial charge in [0.25, 0.3) is 0 Å². The van der Waals surface area contributed by atoms with Crippen molar-refractivity contribution in [3.05, 3.63) is 50.6 Å². The van der Waals surface area contributed by atoms with Crippen molar-refractivity contribution in [1.29, 1.82) is 0 Å². The van der Waals surface area contributed by atoms with E-state index in [4.69, 9.17) is 0 Å². The lowest BCUT2D eigenvalue weighted by molar-refractivity contribution is 0.701. The monoisotopic (exact) mass is 327 g/mol.